The lowest BCUT2D eigenvalue weighted by Gasteiger charge is -2.08. The van der Waals surface area contributed by atoms with Gasteiger partial charge in [0.15, 0.2) is 6.61 Å². The Balaban J connectivity index is 2.11. The Morgan fingerprint density at radius 1 is 1.19 bits per heavy atom. The summed E-state index contributed by atoms with van der Waals surface area (Å²) < 4.78 is 31.6. The average Bonchev–Trinajstić information content (AvgIpc) is 2.48. The minimum atomic E-state index is -0.826. The van der Waals surface area contributed by atoms with Crippen LogP contribution in [-0.2, 0) is 0 Å². The number of hydrogen-bond acceptors (Lipinski definition) is 3. The van der Waals surface area contributed by atoms with Crippen molar-refractivity contribution in [2.45, 2.75) is 0 Å². The van der Waals surface area contributed by atoms with E-state index >= 15 is 0 Å². The maximum absolute atomic E-state index is 13.4. The van der Waals surface area contributed by atoms with Crippen LogP contribution in [0.4, 0.5) is 8.78 Å². The summed E-state index contributed by atoms with van der Waals surface area (Å²) in [6, 6.07) is 6.84. The molecule has 6 heteroatoms. The van der Waals surface area contributed by atoms with E-state index in [-0.39, 0.29) is 10.8 Å². The van der Waals surface area contributed by atoms with Crippen LogP contribution in [0.3, 0.4) is 0 Å². The van der Waals surface area contributed by atoms with Gasteiger partial charge in [-0.25, -0.2) is 8.78 Å². The predicted octanol–water partition coefficient (Wildman–Crippen LogP) is 3.69. The van der Waals surface area contributed by atoms with Crippen molar-refractivity contribution < 1.29 is 23.1 Å². The van der Waals surface area contributed by atoms with Gasteiger partial charge in [-0.15, -0.1) is 0 Å². The van der Waals surface area contributed by atoms with E-state index < -0.39 is 29.6 Å². The van der Waals surface area contributed by atoms with Gasteiger partial charge in [-0.2, -0.15) is 0 Å². The summed E-state index contributed by atoms with van der Waals surface area (Å²) in [6.45, 7) is -0.499. The summed E-state index contributed by atoms with van der Waals surface area (Å²) in [5, 5.41) is 0.145. The Bertz CT molecular complexity index is 701. The van der Waals surface area contributed by atoms with Gasteiger partial charge in [0.1, 0.15) is 23.7 Å². The molecule has 21 heavy (non-hydrogen) atoms. The minimum absolute atomic E-state index is 0.145. The Morgan fingerprint density at radius 2 is 1.95 bits per heavy atom. The molecule has 0 N–H and O–H groups in total. The van der Waals surface area contributed by atoms with Gasteiger partial charge in [-0.3, -0.25) is 9.59 Å². The fraction of sp³-hybridized carbons (Fsp3) is 0.0667. The summed E-state index contributed by atoms with van der Waals surface area (Å²) in [6.07, 6.45) is 0.614. The number of carbonyl (C=O) groups is 2. The van der Waals surface area contributed by atoms with Crippen LogP contribution in [-0.4, -0.2) is 18.7 Å². The van der Waals surface area contributed by atoms with E-state index in [0.717, 1.165) is 18.2 Å². The number of benzene rings is 2. The normalized spacial score (nSPS) is 10.2. The van der Waals surface area contributed by atoms with Crippen molar-refractivity contribution in [3.8, 4) is 5.75 Å². The number of ether oxygens (including phenoxy) is 1. The SMILES string of the molecule is O=Cc1ccc(OCC(=O)c2cc(F)ccc2F)c(Cl)c1. The van der Waals surface area contributed by atoms with E-state index in [1.165, 1.54) is 18.2 Å². The highest BCUT2D eigenvalue weighted by atomic mass is 35.5. The van der Waals surface area contributed by atoms with Gasteiger partial charge in [-0.1, -0.05) is 11.6 Å². The van der Waals surface area contributed by atoms with Crippen molar-refractivity contribution in [3.05, 3.63) is 64.2 Å². The van der Waals surface area contributed by atoms with E-state index in [1.54, 1.807) is 0 Å². The zero-order valence-electron chi connectivity index (χ0n) is 10.6. The van der Waals surface area contributed by atoms with Crippen molar-refractivity contribution in [1.29, 1.82) is 0 Å². The van der Waals surface area contributed by atoms with Gasteiger partial charge in [0.25, 0.3) is 0 Å². The molecule has 0 amide bonds. The molecule has 0 aliphatic carbocycles. The Labute approximate surface area is 124 Å². The summed E-state index contributed by atoms with van der Waals surface area (Å²) in [5.41, 5.74) is -0.0366. The first-order valence-corrected chi connectivity index (χ1v) is 6.25. The lowest BCUT2D eigenvalue weighted by atomic mass is 10.1. The molecule has 0 aliphatic heterocycles. The van der Waals surface area contributed by atoms with Gasteiger partial charge in [0.2, 0.25) is 5.78 Å². The van der Waals surface area contributed by atoms with Gasteiger partial charge in [0.05, 0.1) is 10.6 Å². The molecule has 0 saturated heterocycles. The smallest absolute Gasteiger partial charge is 0.203 e. The molecule has 3 nitrogen and oxygen atoms in total. The van der Waals surface area contributed by atoms with Gasteiger partial charge in [-0.05, 0) is 36.4 Å². The molecule has 2 aromatic rings. The van der Waals surface area contributed by atoms with Gasteiger partial charge < -0.3 is 4.74 Å². The fourth-order valence-electron chi connectivity index (χ4n) is 1.64. The van der Waals surface area contributed by atoms with Crippen LogP contribution in [0.5, 0.6) is 5.75 Å². The second-order valence-electron chi connectivity index (χ2n) is 4.14. The van der Waals surface area contributed by atoms with E-state index in [4.69, 9.17) is 16.3 Å². The standard InChI is InChI=1S/C15H9ClF2O3/c16-12-5-9(7-19)1-4-15(12)21-8-14(20)11-6-10(17)2-3-13(11)18/h1-7H,8H2. The number of hydrogen-bond donors (Lipinski definition) is 0. The molecule has 0 fully saturated rings. The van der Waals surface area contributed by atoms with Crippen LogP contribution in [0.25, 0.3) is 0 Å². The number of aldehydes is 1. The molecule has 2 aromatic carbocycles. The predicted molar refractivity (Wildman–Crippen MR) is 73.0 cm³/mol. The molecular weight excluding hydrogens is 302 g/mol. The first-order valence-electron chi connectivity index (χ1n) is 5.87. The highest BCUT2D eigenvalue weighted by molar-refractivity contribution is 6.32. The highest BCUT2D eigenvalue weighted by Crippen LogP contribution is 2.25. The second-order valence-corrected chi connectivity index (χ2v) is 4.55. The lowest BCUT2D eigenvalue weighted by molar-refractivity contribution is 0.0916. The topological polar surface area (TPSA) is 43.4 Å². The molecule has 0 saturated carbocycles. The fourth-order valence-corrected chi connectivity index (χ4v) is 1.88. The molecule has 0 spiro atoms. The molecule has 0 bridgehead atoms. The molecular formula is C15H9ClF2O3. The first-order chi connectivity index (χ1) is 10.0. The summed E-state index contributed by atoms with van der Waals surface area (Å²) >= 11 is 5.86. The highest BCUT2D eigenvalue weighted by Gasteiger charge is 2.14. The largest absolute Gasteiger partial charge is 0.484 e. The molecule has 108 valence electrons. The van der Waals surface area contributed by atoms with E-state index in [1.807, 2.05) is 0 Å². The van der Waals surface area contributed by atoms with Crippen molar-refractivity contribution in [2.24, 2.45) is 0 Å². The Hall–Kier alpha value is -2.27. The number of ketones is 1. The van der Waals surface area contributed by atoms with Crippen molar-refractivity contribution in [2.75, 3.05) is 6.61 Å². The molecule has 0 aromatic heterocycles. The number of carbonyl (C=O) groups excluding carboxylic acids is 2. The number of rotatable bonds is 5. The monoisotopic (exact) mass is 310 g/mol. The van der Waals surface area contributed by atoms with Crippen LogP contribution in [0.2, 0.25) is 5.02 Å². The van der Waals surface area contributed by atoms with Crippen LogP contribution in [0, 0.1) is 11.6 Å². The summed E-state index contributed by atoms with van der Waals surface area (Å²) in [7, 11) is 0. The third kappa shape index (κ3) is 3.64. The zero-order chi connectivity index (χ0) is 15.4. The summed E-state index contributed by atoms with van der Waals surface area (Å²) in [4.78, 5) is 22.4. The first kappa shape index (κ1) is 15.1. The van der Waals surface area contributed by atoms with Crippen LogP contribution >= 0.6 is 11.6 Å². The van der Waals surface area contributed by atoms with Crippen LogP contribution in [0.1, 0.15) is 20.7 Å². The Kier molecular flexibility index (Phi) is 4.65. The molecule has 0 heterocycles. The molecule has 0 unspecified atom stereocenters. The molecule has 0 radical (unpaired) electrons. The second kappa shape index (κ2) is 6.45. The zero-order valence-corrected chi connectivity index (χ0v) is 11.4. The number of Topliss-reactive ketones (excluding diaryl/α,β-unsaturated/α-hetero) is 1. The van der Waals surface area contributed by atoms with Gasteiger partial charge >= 0.3 is 0 Å². The molecule has 0 atom stereocenters. The van der Waals surface area contributed by atoms with Crippen LogP contribution in [0.15, 0.2) is 36.4 Å². The molecule has 0 aliphatic rings. The van der Waals surface area contributed by atoms with Crippen LogP contribution < -0.4 is 4.74 Å². The Morgan fingerprint density at radius 3 is 2.62 bits per heavy atom. The van der Waals surface area contributed by atoms with E-state index in [9.17, 15) is 18.4 Å². The van der Waals surface area contributed by atoms with E-state index in [0.29, 0.717) is 11.8 Å². The summed E-state index contributed by atoms with van der Waals surface area (Å²) in [5.74, 6) is -2.09. The van der Waals surface area contributed by atoms with E-state index in [2.05, 4.69) is 0 Å². The average molecular weight is 311 g/mol. The molecule has 2 rings (SSSR count). The quantitative estimate of drug-likeness (QED) is 0.625. The van der Waals surface area contributed by atoms with Crippen molar-refractivity contribution in [1.82, 2.24) is 0 Å². The third-order valence-corrected chi connectivity index (χ3v) is 2.97. The lowest BCUT2D eigenvalue weighted by Crippen LogP contribution is -2.13. The number of halogens is 3. The van der Waals surface area contributed by atoms with Crippen molar-refractivity contribution in [3.63, 3.8) is 0 Å². The van der Waals surface area contributed by atoms with Crippen molar-refractivity contribution >= 4 is 23.7 Å². The maximum Gasteiger partial charge on any atom is 0.203 e. The maximum atomic E-state index is 13.4. The van der Waals surface area contributed by atoms with Gasteiger partial charge in [0, 0.05) is 5.56 Å². The third-order valence-electron chi connectivity index (χ3n) is 2.68. The minimum Gasteiger partial charge on any atom is -0.484 e.